The van der Waals surface area contributed by atoms with E-state index in [1.807, 2.05) is 13.8 Å². The number of hydrogen-bond acceptors (Lipinski definition) is 4. The molecule has 4 aromatic heterocycles. The lowest BCUT2D eigenvalue weighted by Gasteiger charge is -2.26. The van der Waals surface area contributed by atoms with Gasteiger partial charge in [-0.05, 0) is 57.4 Å². The number of aromatic nitrogens is 6. The summed E-state index contributed by atoms with van der Waals surface area (Å²) in [5.74, 6) is 0.380. The predicted molar refractivity (Wildman–Crippen MR) is 126 cm³/mol. The second-order valence-electron chi connectivity index (χ2n) is 9.26. The average molecular weight is 538 g/mol. The van der Waals surface area contributed by atoms with Gasteiger partial charge >= 0.3 is 12.4 Å². The van der Waals surface area contributed by atoms with Crippen LogP contribution in [0.15, 0.2) is 48.8 Å². The molecule has 0 radical (unpaired) electrons. The molecule has 4 aromatic rings. The summed E-state index contributed by atoms with van der Waals surface area (Å²) in [7, 11) is -1.61. The van der Waals surface area contributed by atoms with E-state index in [2.05, 4.69) is 20.2 Å². The SMILES string of the molecule is CP1CCc2c(C(F)(F)F)cnn2-c2cccc(n2)C(C)(C)c2cccc(n2)-n2ncc(C(F)(F)F)c21. The van der Waals surface area contributed by atoms with Crippen LogP contribution in [0.3, 0.4) is 0 Å². The summed E-state index contributed by atoms with van der Waals surface area (Å²) in [6.45, 7) is 5.27. The van der Waals surface area contributed by atoms with Crippen molar-refractivity contribution in [2.45, 2.75) is 38.0 Å². The molecular weight excluding hydrogens is 517 g/mol. The van der Waals surface area contributed by atoms with Crippen molar-refractivity contribution >= 4 is 13.4 Å². The standard InChI is InChI=1S/C24H21F6N6P/c1-22(2)17-6-4-8-19(33-17)35-16(14(12-31-35)23(25,26)27)10-11-37(3)21-15(24(28,29)30)13-32-36(21)20-9-5-7-18(22)34-20/h4-9,12-13H,10-11H2,1-3H3. The molecule has 5 heterocycles. The summed E-state index contributed by atoms with van der Waals surface area (Å²) < 4.78 is 85.8. The van der Waals surface area contributed by atoms with Crippen LogP contribution >= 0.6 is 7.92 Å². The van der Waals surface area contributed by atoms with Crippen molar-refractivity contribution in [3.8, 4) is 11.6 Å². The van der Waals surface area contributed by atoms with E-state index in [-0.39, 0.29) is 35.3 Å². The average Bonchev–Trinajstić information content (AvgIpc) is 3.47. The summed E-state index contributed by atoms with van der Waals surface area (Å²) >= 11 is 0. The van der Waals surface area contributed by atoms with Crippen LogP contribution in [0.5, 0.6) is 0 Å². The summed E-state index contributed by atoms with van der Waals surface area (Å²) in [6.07, 6.45) is -8.02. The second-order valence-corrected chi connectivity index (χ2v) is 11.5. The molecule has 0 aliphatic carbocycles. The van der Waals surface area contributed by atoms with Gasteiger partial charge in [-0.1, -0.05) is 20.1 Å². The largest absolute Gasteiger partial charge is 0.420 e. The van der Waals surface area contributed by atoms with Gasteiger partial charge in [-0.25, -0.2) is 19.3 Å². The van der Waals surface area contributed by atoms with Crippen molar-refractivity contribution in [1.29, 1.82) is 0 Å². The Hall–Kier alpha value is -3.27. The number of pyridine rings is 2. The van der Waals surface area contributed by atoms with Crippen LogP contribution < -0.4 is 5.44 Å². The van der Waals surface area contributed by atoms with Gasteiger partial charge in [0.15, 0.2) is 11.6 Å². The molecule has 0 fully saturated rings. The van der Waals surface area contributed by atoms with Gasteiger partial charge < -0.3 is 0 Å². The highest BCUT2D eigenvalue weighted by molar-refractivity contribution is 7.64. The monoisotopic (exact) mass is 538 g/mol. The van der Waals surface area contributed by atoms with Gasteiger partial charge in [-0.2, -0.15) is 36.5 Å². The zero-order valence-electron chi connectivity index (χ0n) is 19.9. The summed E-state index contributed by atoms with van der Waals surface area (Å²) in [4.78, 5) is 9.28. The minimum atomic E-state index is -4.69. The Bertz CT molecular complexity index is 1470. The van der Waals surface area contributed by atoms with Crippen molar-refractivity contribution in [1.82, 2.24) is 29.5 Å². The Morgan fingerprint density at radius 1 is 0.784 bits per heavy atom. The van der Waals surface area contributed by atoms with E-state index in [1.54, 1.807) is 43.1 Å². The van der Waals surface area contributed by atoms with Gasteiger partial charge in [-0.3, -0.25) is 0 Å². The van der Waals surface area contributed by atoms with E-state index in [0.29, 0.717) is 11.4 Å². The highest BCUT2D eigenvalue weighted by atomic mass is 31.1. The molecule has 0 amide bonds. The molecule has 1 aliphatic heterocycles. The van der Waals surface area contributed by atoms with Crippen molar-refractivity contribution in [2.24, 2.45) is 0 Å². The molecule has 37 heavy (non-hydrogen) atoms. The molecule has 1 aliphatic rings. The fourth-order valence-electron chi connectivity index (χ4n) is 4.41. The Balaban J connectivity index is 1.79. The molecule has 194 valence electrons. The van der Waals surface area contributed by atoms with Crippen LogP contribution in [0.1, 0.15) is 42.1 Å². The first-order chi connectivity index (χ1) is 17.3. The number of hydrogen-bond donors (Lipinski definition) is 0. The first-order valence-corrected chi connectivity index (χ1v) is 13.2. The van der Waals surface area contributed by atoms with Crippen LogP contribution in [0.2, 0.25) is 0 Å². The maximum Gasteiger partial charge on any atom is 0.420 e. The molecule has 1 unspecified atom stereocenters. The molecule has 0 saturated heterocycles. The smallest absolute Gasteiger partial charge is 0.233 e. The van der Waals surface area contributed by atoms with Crippen molar-refractivity contribution in [3.63, 3.8) is 0 Å². The lowest BCUT2D eigenvalue weighted by molar-refractivity contribution is -0.138. The summed E-state index contributed by atoms with van der Waals surface area (Å²) in [6, 6.07) is 9.94. The molecule has 6 nitrogen and oxygen atoms in total. The van der Waals surface area contributed by atoms with Crippen LogP contribution in [0.25, 0.3) is 11.6 Å². The number of halogens is 6. The third kappa shape index (κ3) is 4.41. The van der Waals surface area contributed by atoms with Gasteiger partial charge in [0, 0.05) is 5.41 Å². The predicted octanol–water partition coefficient (Wildman–Crippen LogP) is 5.50. The minimum absolute atomic E-state index is 0.0315. The van der Waals surface area contributed by atoms with Crippen molar-refractivity contribution in [2.75, 3.05) is 12.8 Å². The Morgan fingerprint density at radius 2 is 1.30 bits per heavy atom. The minimum Gasteiger partial charge on any atom is -0.233 e. The third-order valence-corrected chi connectivity index (χ3v) is 8.50. The molecule has 0 spiro atoms. The quantitative estimate of drug-likeness (QED) is 0.219. The Kier molecular flexibility index (Phi) is 5.93. The Labute approximate surface area is 209 Å². The molecular formula is C24H21F6N6P. The van der Waals surface area contributed by atoms with Crippen molar-refractivity contribution in [3.05, 3.63) is 77.0 Å². The number of alkyl halides is 6. The number of nitrogens with zero attached hydrogens (tertiary/aromatic N) is 6. The van der Waals surface area contributed by atoms with Gasteiger partial charge in [0.25, 0.3) is 0 Å². The molecule has 0 N–H and O–H groups in total. The third-order valence-electron chi connectivity index (χ3n) is 6.45. The fourth-order valence-corrected chi connectivity index (χ4v) is 6.25. The highest BCUT2D eigenvalue weighted by Gasteiger charge is 2.40. The van der Waals surface area contributed by atoms with E-state index in [4.69, 9.17) is 0 Å². The van der Waals surface area contributed by atoms with E-state index in [9.17, 15) is 26.3 Å². The molecule has 1 atom stereocenters. The lowest BCUT2D eigenvalue weighted by Crippen LogP contribution is -2.27. The van der Waals surface area contributed by atoms with E-state index >= 15 is 0 Å². The van der Waals surface area contributed by atoms with Crippen molar-refractivity contribution < 1.29 is 26.3 Å². The van der Waals surface area contributed by atoms with Gasteiger partial charge in [0.05, 0.1) is 40.5 Å². The zero-order valence-corrected chi connectivity index (χ0v) is 20.8. The Morgan fingerprint density at radius 3 is 1.86 bits per heavy atom. The second kappa shape index (κ2) is 8.65. The normalized spacial score (nSPS) is 17.6. The summed E-state index contributed by atoms with van der Waals surface area (Å²) in [5.41, 5.74) is -1.93. The molecule has 0 saturated carbocycles. The maximum atomic E-state index is 14.0. The topological polar surface area (TPSA) is 61.4 Å². The lowest BCUT2D eigenvalue weighted by atomic mass is 9.84. The number of fused-ring (bicyclic) bond motifs is 8. The zero-order chi connectivity index (χ0) is 26.8. The first-order valence-electron chi connectivity index (χ1n) is 11.2. The van der Waals surface area contributed by atoms with Gasteiger partial charge in [-0.15, -0.1) is 0 Å². The van der Waals surface area contributed by atoms with Crippen LogP contribution in [-0.4, -0.2) is 42.4 Å². The molecule has 13 heteroatoms. The van der Waals surface area contributed by atoms with Gasteiger partial charge in [0.2, 0.25) is 0 Å². The fraction of sp³-hybridized carbons (Fsp3) is 0.333. The molecule has 5 rings (SSSR count). The van der Waals surface area contributed by atoms with Crippen LogP contribution in [-0.2, 0) is 24.2 Å². The van der Waals surface area contributed by atoms with Crippen LogP contribution in [0, 0.1) is 0 Å². The van der Waals surface area contributed by atoms with E-state index in [0.717, 1.165) is 21.8 Å². The molecule has 4 bridgehead atoms. The van der Waals surface area contributed by atoms with E-state index in [1.165, 1.54) is 0 Å². The maximum absolute atomic E-state index is 14.0. The first kappa shape index (κ1) is 25.4. The van der Waals surface area contributed by atoms with Crippen LogP contribution in [0.4, 0.5) is 26.3 Å². The van der Waals surface area contributed by atoms with Gasteiger partial charge in [0.1, 0.15) is 5.56 Å². The number of rotatable bonds is 0. The molecule has 0 aromatic carbocycles. The van der Waals surface area contributed by atoms with E-state index < -0.39 is 36.8 Å². The highest BCUT2D eigenvalue weighted by Crippen LogP contribution is 2.41. The summed E-state index contributed by atoms with van der Waals surface area (Å²) in [5, 5.41) is 8.00.